The van der Waals surface area contributed by atoms with Crippen LogP contribution in [0.3, 0.4) is 0 Å². The molecule has 1 atom stereocenters. The number of hydrogen-bond donors (Lipinski definition) is 1. The van der Waals surface area contributed by atoms with Crippen molar-refractivity contribution in [2.45, 2.75) is 83.7 Å². The second kappa shape index (κ2) is 8.66. The molecule has 1 amide bonds. The summed E-state index contributed by atoms with van der Waals surface area (Å²) < 4.78 is 5.69. The Morgan fingerprint density at radius 3 is 2.35 bits per heavy atom. The largest absolute Gasteiger partial charge is 0.368 e. The summed E-state index contributed by atoms with van der Waals surface area (Å²) >= 11 is 0. The summed E-state index contributed by atoms with van der Waals surface area (Å²) in [6, 6.07) is 0. The topological polar surface area (TPSA) is 52.3 Å². The van der Waals surface area contributed by atoms with Crippen LogP contribution in [0.15, 0.2) is 0 Å². The lowest BCUT2D eigenvalue weighted by Crippen LogP contribution is -2.52. The predicted molar refractivity (Wildman–Crippen MR) is 83.4 cm³/mol. The number of unbranched alkanes of at least 4 members (excludes halogenated alkanes) is 2. The van der Waals surface area contributed by atoms with Gasteiger partial charge in [-0.3, -0.25) is 4.79 Å². The number of carbonyl (C=O) groups is 1. The zero-order valence-corrected chi connectivity index (χ0v) is 13.6. The fourth-order valence-corrected chi connectivity index (χ4v) is 3.58. The third-order valence-electron chi connectivity index (χ3n) is 4.88. The lowest BCUT2D eigenvalue weighted by atomic mass is 9.73. The van der Waals surface area contributed by atoms with Crippen molar-refractivity contribution in [1.29, 1.82) is 0 Å². The first-order valence-corrected chi connectivity index (χ1v) is 8.38. The second-order valence-corrected chi connectivity index (χ2v) is 6.79. The molecule has 3 heteroatoms. The molecule has 1 aliphatic rings. The molecule has 0 aromatic heterocycles. The van der Waals surface area contributed by atoms with Crippen LogP contribution in [0.4, 0.5) is 0 Å². The van der Waals surface area contributed by atoms with Crippen molar-refractivity contribution in [3.05, 3.63) is 0 Å². The Morgan fingerprint density at radius 1 is 1.20 bits per heavy atom. The van der Waals surface area contributed by atoms with Crippen LogP contribution >= 0.6 is 0 Å². The average Bonchev–Trinajstić information content (AvgIpc) is 2.43. The number of ether oxygens (including phenoxy) is 1. The highest BCUT2D eigenvalue weighted by molar-refractivity contribution is 5.83. The molecule has 1 rings (SSSR count). The summed E-state index contributed by atoms with van der Waals surface area (Å²) in [7, 11) is 1.66. The van der Waals surface area contributed by atoms with E-state index in [1.807, 2.05) is 0 Å². The normalized spacial score (nSPS) is 20.0. The summed E-state index contributed by atoms with van der Waals surface area (Å²) in [5.74, 6) is 0.830. The number of rotatable bonds is 9. The van der Waals surface area contributed by atoms with Crippen molar-refractivity contribution in [2.75, 3.05) is 7.11 Å². The molecule has 0 aromatic carbocycles. The van der Waals surface area contributed by atoms with Gasteiger partial charge in [-0.2, -0.15) is 0 Å². The van der Waals surface area contributed by atoms with Gasteiger partial charge in [0.15, 0.2) is 0 Å². The Bertz CT molecular complexity index is 285. The predicted octanol–water partition coefficient (Wildman–Crippen LogP) is 4.04. The molecular formula is C17H33NO2. The minimum atomic E-state index is -0.710. The van der Waals surface area contributed by atoms with E-state index in [1.54, 1.807) is 7.11 Å². The summed E-state index contributed by atoms with van der Waals surface area (Å²) in [6.45, 7) is 4.51. The van der Waals surface area contributed by atoms with Gasteiger partial charge in [0, 0.05) is 7.11 Å². The smallest absolute Gasteiger partial charge is 0.249 e. The maximum atomic E-state index is 12.0. The Kier molecular flexibility index (Phi) is 7.57. The van der Waals surface area contributed by atoms with Gasteiger partial charge in [0.25, 0.3) is 0 Å². The molecule has 0 aromatic rings. The van der Waals surface area contributed by atoms with E-state index in [4.69, 9.17) is 10.5 Å². The number of methoxy groups -OCH3 is 1. The number of primary amides is 1. The van der Waals surface area contributed by atoms with Gasteiger partial charge in [-0.1, -0.05) is 58.8 Å². The standard InChI is InChI=1S/C17H33NO2/c1-14(2)10-6-5-9-13-17(20-3,16(18)19)15-11-7-4-8-12-15/h14-15H,4-13H2,1-3H3,(H2,18,19)/t17-/m1/s1. The van der Waals surface area contributed by atoms with E-state index >= 15 is 0 Å². The number of hydrogen-bond acceptors (Lipinski definition) is 2. The highest BCUT2D eigenvalue weighted by atomic mass is 16.5. The van der Waals surface area contributed by atoms with E-state index in [0.717, 1.165) is 31.6 Å². The van der Waals surface area contributed by atoms with Crippen LogP contribution in [-0.4, -0.2) is 18.6 Å². The molecule has 2 N–H and O–H groups in total. The molecule has 1 fully saturated rings. The molecule has 0 radical (unpaired) electrons. The van der Waals surface area contributed by atoms with Crippen LogP contribution in [0.2, 0.25) is 0 Å². The fraction of sp³-hybridized carbons (Fsp3) is 0.941. The zero-order valence-electron chi connectivity index (χ0n) is 13.6. The fourth-order valence-electron chi connectivity index (χ4n) is 3.58. The van der Waals surface area contributed by atoms with Crippen LogP contribution < -0.4 is 5.73 Å². The van der Waals surface area contributed by atoms with Crippen molar-refractivity contribution in [3.8, 4) is 0 Å². The Labute approximate surface area is 124 Å². The third-order valence-corrected chi connectivity index (χ3v) is 4.88. The van der Waals surface area contributed by atoms with E-state index in [1.165, 1.54) is 38.5 Å². The van der Waals surface area contributed by atoms with E-state index < -0.39 is 5.60 Å². The summed E-state index contributed by atoms with van der Waals surface area (Å²) in [5, 5.41) is 0. The Hall–Kier alpha value is -0.570. The van der Waals surface area contributed by atoms with Crippen molar-refractivity contribution in [1.82, 2.24) is 0 Å². The molecule has 1 aliphatic carbocycles. The molecule has 0 bridgehead atoms. The van der Waals surface area contributed by atoms with Crippen molar-refractivity contribution in [2.24, 2.45) is 17.6 Å². The van der Waals surface area contributed by atoms with Gasteiger partial charge in [0.05, 0.1) is 0 Å². The molecule has 0 unspecified atom stereocenters. The Balaban J connectivity index is 2.52. The van der Waals surface area contributed by atoms with Gasteiger partial charge in [0.1, 0.15) is 5.60 Å². The monoisotopic (exact) mass is 283 g/mol. The zero-order chi connectivity index (χ0) is 15.0. The molecule has 118 valence electrons. The molecule has 0 aliphatic heterocycles. The molecule has 0 saturated heterocycles. The van der Waals surface area contributed by atoms with Gasteiger partial charge in [0.2, 0.25) is 5.91 Å². The van der Waals surface area contributed by atoms with E-state index in [-0.39, 0.29) is 5.91 Å². The molecule has 0 heterocycles. The molecule has 0 spiro atoms. The van der Waals surface area contributed by atoms with Gasteiger partial charge >= 0.3 is 0 Å². The van der Waals surface area contributed by atoms with E-state index in [0.29, 0.717) is 5.92 Å². The Morgan fingerprint density at radius 2 is 1.85 bits per heavy atom. The first kappa shape index (κ1) is 17.5. The van der Waals surface area contributed by atoms with Gasteiger partial charge in [-0.05, 0) is 31.1 Å². The number of nitrogens with two attached hydrogens (primary N) is 1. The first-order chi connectivity index (χ1) is 9.53. The molecular weight excluding hydrogens is 250 g/mol. The van der Waals surface area contributed by atoms with Crippen molar-refractivity contribution >= 4 is 5.91 Å². The van der Waals surface area contributed by atoms with E-state index in [9.17, 15) is 4.79 Å². The summed E-state index contributed by atoms with van der Waals surface area (Å²) in [5.41, 5.74) is 5.00. The maximum absolute atomic E-state index is 12.0. The van der Waals surface area contributed by atoms with Crippen LogP contribution in [-0.2, 0) is 9.53 Å². The second-order valence-electron chi connectivity index (χ2n) is 6.79. The van der Waals surface area contributed by atoms with Gasteiger partial charge < -0.3 is 10.5 Å². The van der Waals surface area contributed by atoms with Crippen LogP contribution in [0, 0.1) is 11.8 Å². The number of amides is 1. The summed E-state index contributed by atoms with van der Waals surface area (Å²) in [6.07, 6.45) is 11.4. The maximum Gasteiger partial charge on any atom is 0.249 e. The minimum absolute atomic E-state index is 0.254. The SMILES string of the molecule is CO[C@@](CCCCCC(C)C)(C(N)=O)C1CCCCC1. The van der Waals surface area contributed by atoms with Crippen LogP contribution in [0.1, 0.15) is 78.1 Å². The highest BCUT2D eigenvalue weighted by Crippen LogP contribution is 2.38. The highest BCUT2D eigenvalue weighted by Gasteiger charge is 2.44. The van der Waals surface area contributed by atoms with Crippen molar-refractivity contribution in [3.63, 3.8) is 0 Å². The average molecular weight is 283 g/mol. The lowest BCUT2D eigenvalue weighted by molar-refractivity contribution is -0.151. The van der Waals surface area contributed by atoms with E-state index in [2.05, 4.69) is 13.8 Å². The van der Waals surface area contributed by atoms with Crippen molar-refractivity contribution < 1.29 is 9.53 Å². The third kappa shape index (κ3) is 4.76. The van der Waals surface area contributed by atoms with Gasteiger partial charge in [-0.25, -0.2) is 0 Å². The molecule has 20 heavy (non-hydrogen) atoms. The molecule has 1 saturated carbocycles. The minimum Gasteiger partial charge on any atom is -0.368 e. The lowest BCUT2D eigenvalue weighted by Gasteiger charge is -2.39. The van der Waals surface area contributed by atoms with Crippen LogP contribution in [0.5, 0.6) is 0 Å². The van der Waals surface area contributed by atoms with Gasteiger partial charge in [-0.15, -0.1) is 0 Å². The molecule has 3 nitrogen and oxygen atoms in total. The quantitative estimate of drug-likeness (QED) is 0.649. The number of carbonyl (C=O) groups excluding carboxylic acids is 1. The van der Waals surface area contributed by atoms with Crippen LogP contribution in [0.25, 0.3) is 0 Å². The first-order valence-electron chi connectivity index (χ1n) is 8.38. The summed E-state index contributed by atoms with van der Waals surface area (Å²) in [4.78, 5) is 12.0.